The minimum atomic E-state index is -2.46. The van der Waals surface area contributed by atoms with Crippen molar-refractivity contribution >= 4 is 16.9 Å². The van der Waals surface area contributed by atoms with E-state index in [-0.39, 0.29) is 0 Å². The van der Waals surface area contributed by atoms with E-state index in [9.17, 15) is 0 Å². The molecule has 1 unspecified atom stereocenters. The third-order valence-electron chi connectivity index (χ3n) is 4.49. The van der Waals surface area contributed by atoms with Crippen LogP contribution in [0.4, 0.5) is 0 Å². The molecule has 0 aliphatic heterocycles. The van der Waals surface area contributed by atoms with E-state index >= 15 is 0 Å². The summed E-state index contributed by atoms with van der Waals surface area (Å²) in [6.45, 7) is 16.7. The monoisotopic (exact) mass is 306 g/mol. The molecule has 0 radical (unpaired) electrons. The second-order valence-electron chi connectivity index (χ2n) is 5.09. The Labute approximate surface area is 122 Å². The molecule has 0 aliphatic rings. The molecule has 0 aliphatic carbocycles. The van der Waals surface area contributed by atoms with Crippen LogP contribution in [0.3, 0.4) is 0 Å². The first-order chi connectivity index (χ1) is 8.99. The second-order valence-corrected chi connectivity index (χ2v) is 13.6. The van der Waals surface area contributed by atoms with Crippen LogP contribution < -0.4 is 0 Å². The largest absolute Gasteiger partial charge is 0.500 e. The van der Waals surface area contributed by atoms with Crippen LogP contribution in [0.1, 0.15) is 48.5 Å². The van der Waals surface area contributed by atoms with Crippen molar-refractivity contribution in [1.29, 1.82) is 0 Å². The van der Waals surface area contributed by atoms with Crippen molar-refractivity contribution in [2.45, 2.75) is 78.4 Å². The Balaban J connectivity index is 5.00. The van der Waals surface area contributed by atoms with E-state index in [0.29, 0.717) is 18.9 Å². The van der Waals surface area contributed by atoms with E-state index in [1.807, 2.05) is 13.8 Å². The van der Waals surface area contributed by atoms with Gasteiger partial charge in [0, 0.05) is 25.0 Å². The van der Waals surface area contributed by atoms with Crippen molar-refractivity contribution in [2.75, 3.05) is 13.2 Å². The maximum absolute atomic E-state index is 6.46. The van der Waals surface area contributed by atoms with Crippen molar-refractivity contribution < 1.29 is 13.3 Å². The van der Waals surface area contributed by atoms with Gasteiger partial charge >= 0.3 is 8.80 Å². The van der Waals surface area contributed by atoms with E-state index < -0.39 is 16.9 Å². The molecule has 0 fully saturated rings. The van der Waals surface area contributed by atoms with Gasteiger partial charge in [-0.3, -0.25) is 0 Å². The van der Waals surface area contributed by atoms with Gasteiger partial charge in [-0.1, -0.05) is 45.8 Å². The third kappa shape index (κ3) is 4.97. The highest BCUT2D eigenvalue weighted by Crippen LogP contribution is 2.29. The molecular weight excluding hydrogens is 272 g/mol. The van der Waals surface area contributed by atoms with Gasteiger partial charge in [0.15, 0.2) is 0 Å². The van der Waals surface area contributed by atoms with E-state index in [1.54, 1.807) is 0 Å². The van der Waals surface area contributed by atoms with E-state index in [1.165, 1.54) is 18.1 Å². The van der Waals surface area contributed by atoms with E-state index in [0.717, 1.165) is 6.04 Å². The number of rotatable bonds is 11. The third-order valence-corrected chi connectivity index (χ3v) is 13.8. The summed E-state index contributed by atoms with van der Waals surface area (Å²) in [7, 11) is -3.81. The fraction of sp³-hybridized carbons (Fsp3) is 1.00. The summed E-state index contributed by atoms with van der Waals surface area (Å²) in [5, 5.41) is 0. The van der Waals surface area contributed by atoms with E-state index in [4.69, 9.17) is 13.3 Å². The average Bonchev–Trinajstić information content (AvgIpc) is 2.42. The zero-order valence-electron chi connectivity index (χ0n) is 14.0. The Morgan fingerprint density at radius 1 is 0.737 bits per heavy atom. The Bertz CT molecular complexity index is 218. The Morgan fingerprint density at radius 2 is 1.16 bits per heavy atom. The lowest BCUT2D eigenvalue weighted by atomic mass is 10.8. The molecule has 0 aromatic heterocycles. The molecule has 0 N–H and O–H groups in total. The topological polar surface area (TPSA) is 27.7 Å². The van der Waals surface area contributed by atoms with Crippen LogP contribution in [-0.4, -0.2) is 35.8 Å². The van der Waals surface area contributed by atoms with Crippen LogP contribution in [0, 0.1) is 0 Å². The molecule has 0 rings (SSSR count). The first kappa shape index (κ1) is 19.3. The molecule has 0 saturated carbocycles. The van der Waals surface area contributed by atoms with Crippen LogP contribution in [0.25, 0.3) is 0 Å². The Hall–Kier alpha value is 0.314. The molecule has 19 heavy (non-hydrogen) atoms. The first-order valence-corrected chi connectivity index (χ1v) is 12.6. The predicted molar refractivity (Wildman–Crippen MR) is 87.2 cm³/mol. The zero-order chi connectivity index (χ0) is 14.9. The summed E-state index contributed by atoms with van der Waals surface area (Å²) >= 11 is 0. The lowest BCUT2D eigenvalue weighted by Crippen LogP contribution is -2.55. The molecule has 0 spiro atoms. The molecule has 0 aromatic carbocycles. The van der Waals surface area contributed by atoms with Gasteiger partial charge in [-0.25, -0.2) is 0 Å². The molecule has 116 valence electrons. The van der Waals surface area contributed by atoms with Gasteiger partial charge in [0.05, 0.1) is 8.07 Å². The minimum Gasteiger partial charge on any atom is -0.374 e. The maximum atomic E-state index is 6.46. The van der Waals surface area contributed by atoms with Gasteiger partial charge in [0.2, 0.25) is 0 Å². The molecule has 5 heteroatoms. The van der Waals surface area contributed by atoms with Crippen molar-refractivity contribution in [2.24, 2.45) is 0 Å². The molecule has 0 amide bonds. The minimum absolute atomic E-state index is 0.317. The van der Waals surface area contributed by atoms with Gasteiger partial charge in [0.1, 0.15) is 0 Å². The lowest BCUT2D eigenvalue weighted by molar-refractivity contribution is 0.0584. The van der Waals surface area contributed by atoms with Gasteiger partial charge in [0.25, 0.3) is 0 Å². The number of hydrogen-bond donors (Lipinski definition) is 0. The fourth-order valence-corrected chi connectivity index (χ4v) is 9.82. The summed E-state index contributed by atoms with van der Waals surface area (Å²) in [6, 6.07) is 4.68. The van der Waals surface area contributed by atoms with Crippen molar-refractivity contribution in [3.8, 4) is 0 Å². The molecule has 0 aromatic rings. The van der Waals surface area contributed by atoms with Crippen LogP contribution in [0.15, 0.2) is 0 Å². The second kappa shape index (κ2) is 9.29. The van der Waals surface area contributed by atoms with Gasteiger partial charge in [-0.05, 0) is 20.8 Å². The standard InChI is InChI=1S/C14H34O3Si2/c1-8-15-19(13-6,16-9-2)17-14(7)18(10-3,11-4)12-5/h14H,8-13H2,1-7H3. The van der Waals surface area contributed by atoms with Crippen LogP contribution in [-0.2, 0) is 13.3 Å². The molecular formula is C14H34O3Si2. The highest BCUT2D eigenvalue weighted by atomic mass is 28.4. The van der Waals surface area contributed by atoms with Crippen LogP contribution >= 0.6 is 0 Å². The summed E-state index contributed by atoms with van der Waals surface area (Å²) in [4.78, 5) is 0. The van der Waals surface area contributed by atoms with Crippen LogP contribution in [0.5, 0.6) is 0 Å². The average molecular weight is 307 g/mol. The predicted octanol–water partition coefficient (Wildman–Crippen LogP) is 4.47. The van der Waals surface area contributed by atoms with Gasteiger partial charge in [-0.2, -0.15) is 0 Å². The Morgan fingerprint density at radius 3 is 1.42 bits per heavy atom. The summed E-state index contributed by atoms with van der Waals surface area (Å²) in [5.41, 5.74) is 0.317. The van der Waals surface area contributed by atoms with E-state index in [2.05, 4.69) is 34.6 Å². The van der Waals surface area contributed by atoms with Gasteiger partial charge in [-0.15, -0.1) is 0 Å². The fourth-order valence-electron chi connectivity index (χ4n) is 2.84. The van der Waals surface area contributed by atoms with Crippen LogP contribution in [0.2, 0.25) is 24.2 Å². The molecule has 0 bridgehead atoms. The normalized spacial score (nSPS) is 14.7. The summed E-state index contributed by atoms with van der Waals surface area (Å²) in [5.74, 6) is 0. The smallest absolute Gasteiger partial charge is 0.374 e. The highest BCUT2D eigenvalue weighted by molar-refractivity contribution is 6.81. The molecule has 3 nitrogen and oxygen atoms in total. The Kier molecular flexibility index (Phi) is 9.44. The summed E-state index contributed by atoms with van der Waals surface area (Å²) < 4.78 is 18.3. The SMILES string of the molecule is CCO[Si](CC)(OCC)OC(C)[Si](CC)(CC)CC. The quantitative estimate of drug-likeness (QED) is 0.527. The zero-order valence-corrected chi connectivity index (χ0v) is 16.0. The van der Waals surface area contributed by atoms with Crippen molar-refractivity contribution in [3.63, 3.8) is 0 Å². The highest BCUT2D eigenvalue weighted by Gasteiger charge is 2.45. The number of hydrogen-bond acceptors (Lipinski definition) is 3. The molecule has 0 saturated heterocycles. The lowest BCUT2D eigenvalue weighted by Gasteiger charge is -2.40. The molecule has 0 heterocycles. The maximum Gasteiger partial charge on any atom is 0.500 e. The first-order valence-electron chi connectivity index (χ1n) is 7.95. The van der Waals surface area contributed by atoms with Crippen molar-refractivity contribution in [1.82, 2.24) is 0 Å². The molecule has 1 atom stereocenters. The van der Waals surface area contributed by atoms with Crippen molar-refractivity contribution in [3.05, 3.63) is 0 Å². The van der Waals surface area contributed by atoms with Gasteiger partial charge < -0.3 is 13.3 Å². The summed E-state index contributed by atoms with van der Waals surface area (Å²) in [6.07, 6.45) is 0.